The van der Waals surface area contributed by atoms with Crippen molar-refractivity contribution in [1.29, 1.82) is 0 Å². The number of likely N-dealkylation sites (tertiary alicyclic amines) is 1. The van der Waals surface area contributed by atoms with Crippen LogP contribution in [0.1, 0.15) is 36.9 Å². The Labute approximate surface area is 106 Å². The Morgan fingerprint density at radius 3 is 2.94 bits per heavy atom. The first-order valence-corrected chi connectivity index (χ1v) is 7.02. The van der Waals surface area contributed by atoms with E-state index in [0.29, 0.717) is 6.54 Å². The predicted molar refractivity (Wildman–Crippen MR) is 68.8 cm³/mol. The van der Waals surface area contributed by atoms with Crippen molar-refractivity contribution >= 4 is 17.2 Å². The lowest BCUT2D eigenvalue weighted by atomic mass is 10.1. The zero-order chi connectivity index (χ0) is 12.1. The maximum atomic E-state index is 10.8. The van der Waals surface area contributed by atoms with Gasteiger partial charge in [0, 0.05) is 18.8 Å². The summed E-state index contributed by atoms with van der Waals surface area (Å²) in [6.07, 6.45) is 3.98. The minimum Gasteiger partial charge on any atom is -0.350 e. The lowest BCUT2D eigenvalue weighted by Crippen LogP contribution is -2.29. The number of thiazole rings is 1. The van der Waals surface area contributed by atoms with Gasteiger partial charge in [0.2, 0.25) is 5.91 Å². The second kappa shape index (κ2) is 6.12. The van der Waals surface area contributed by atoms with Gasteiger partial charge < -0.3 is 5.32 Å². The standard InChI is InChI=1S/C12H19N3OS/c1-10(16)13-7-12-14-11(9-17-12)8-15-5-3-2-4-6-15/h9H,2-8H2,1H3,(H,13,16). The highest BCUT2D eigenvalue weighted by molar-refractivity contribution is 7.09. The molecule has 2 heterocycles. The molecule has 1 aliphatic heterocycles. The molecule has 0 bridgehead atoms. The van der Waals surface area contributed by atoms with E-state index < -0.39 is 0 Å². The molecule has 0 saturated carbocycles. The topological polar surface area (TPSA) is 45.2 Å². The predicted octanol–water partition coefficient (Wildman–Crippen LogP) is 1.77. The molecule has 0 unspecified atom stereocenters. The van der Waals surface area contributed by atoms with Crippen LogP contribution in [0.4, 0.5) is 0 Å². The summed E-state index contributed by atoms with van der Waals surface area (Å²) in [5.74, 6) is -0.00206. The first-order valence-electron chi connectivity index (χ1n) is 6.14. The lowest BCUT2D eigenvalue weighted by Gasteiger charge is -2.25. The summed E-state index contributed by atoms with van der Waals surface area (Å²) in [7, 11) is 0. The normalized spacial score (nSPS) is 17.0. The number of nitrogens with zero attached hydrogens (tertiary/aromatic N) is 2. The van der Waals surface area contributed by atoms with Gasteiger partial charge in [-0.1, -0.05) is 6.42 Å². The quantitative estimate of drug-likeness (QED) is 0.889. The molecule has 1 saturated heterocycles. The van der Waals surface area contributed by atoms with Crippen LogP contribution < -0.4 is 5.32 Å². The fourth-order valence-corrected chi connectivity index (χ4v) is 2.77. The van der Waals surface area contributed by atoms with Gasteiger partial charge in [0.05, 0.1) is 12.2 Å². The van der Waals surface area contributed by atoms with E-state index in [0.717, 1.165) is 17.2 Å². The molecule has 2 rings (SSSR count). The van der Waals surface area contributed by atoms with Gasteiger partial charge in [-0.15, -0.1) is 11.3 Å². The summed E-state index contributed by atoms with van der Waals surface area (Å²) in [6.45, 7) is 5.43. The van der Waals surface area contributed by atoms with Gasteiger partial charge in [-0.25, -0.2) is 4.98 Å². The van der Waals surface area contributed by atoms with Gasteiger partial charge in [0.1, 0.15) is 5.01 Å². The number of hydrogen-bond donors (Lipinski definition) is 1. The largest absolute Gasteiger partial charge is 0.350 e. The van der Waals surface area contributed by atoms with Crippen LogP contribution in [0.15, 0.2) is 5.38 Å². The Kier molecular flexibility index (Phi) is 4.50. The van der Waals surface area contributed by atoms with Crippen molar-refractivity contribution in [1.82, 2.24) is 15.2 Å². The number of aromatic nitrogens is 1. The summed E-state index contributed by atoms with van der Waals surface area (Å²) >= 11 is 1.63. The first kappa shape index (κ1) is 12.5. The zero-order valence-electron chi connectivity index (χ0n) is 10.2. The van der Waals surface area contributed by atoms with E-state index in [-0.39, 0.29) is 5.91 Å². The van der Waals surface area contributed by atoms with Gasteiger partial charge in [0.25, 0.3) is 0 Å². The Bertz CT molecular complexity index is 372. The van der Waals surface area contributed by atoms with Gasteiger partial charge >= 0.3 is 0 Å². The van der Waals surface area contributed by atoms with Crippen LogP contribution in [0.2, 0.25) is 0 Å². The third-order valence-corrected chi connectivity index (χ3v) is 3.82. The molecule has 1 N–H and O–H groups in total. The average Bonchev–Trinajstić information content (AvgIpc) is 2.75. The van der Waals surface area contributed by atoms with Gasteiger partial charge in [-0.3, -0.25) is 9.69 Å². The van der Waals surface area contributed by atoms with E-state index in [1.807, 2.05) is 0 Å². The van der Waals surface area contributed by atoms with E-state index in [4.69, 9.17) is 0 Å². The molecule has 1 aliphatic rings. The summed E-state index contributed by atoms with van der Waals surface area (Å²) in [4.78, 5) is 17.8. The molecule has 17 heavy (non-hydrogen) atoms. The van der Waals surface area contributed by atoms with E-state index >= 15 is 0 Å². The molecule has 0 radical (unpaired) electrons. The molecule has 94 valence electrons. The van der Waals surface area contributed by atoms with Crippen molar-refractivity contribution in [2.75, 3.05) is 13.1 Å². The van der Waals surface area contributed by atoms with E-state index in [1.165, 1.54) is 39.3 Å². The Balaban J connectivity index is 1.82. The Morgan fingerprint density at radius 1 is 1.47 bits per heavy atom. The van der Waals surface area contributed by atoms with E-state index in [2.05, 4.69) is 20.6 Å². The van der Waals surface area contributed by atoms with Gasteiger partial charge in [-0.05, 0) is 25.9 Å². The van der Waals surface area contributed by atoms with Crippen LogP contribution in [0.25, 0.3) is 0 Å². The van der Waals surface area contributed by atoms with Crippen LogP contribution in [-0.2, 0) is 17.9 Å². The summed E-state index contributed by atoms with van der Waals surface area (Å²) in [5, 5.41) is 5.87. The molecule has 0 atom stereocenters. The summed E-state index contributed by atoms with van der Waals surface area (Å²) < 4.78 is 0. The van der Waals surface area contributed by atoms with Crippen LogP contribution in [0, 0.1) is 0 Å². The minimum absolute atomic E-state index is 0.00206. The van der Waals surface area contributed by atoms with Crippen LogP contribution in [0.5, 0.6) is 0 Å². The number of nitrogens with one attached hydrogen (secondary N) is 1. The monoisotopic (exact) mass is 253 g/mol. The van der Waals surface area contributed by atoms with Crippen LogP contribution in [0.3, 0.4) is 0 Å². The average molecular weight is 253 g/mol. The van der Waals surface area contributed by atoms with Crippen molar-refractivity contribution in [2.45, 2.75) is 39.3 Å². The summed E-state index contributed by atoms with van der Waals surface area (Å²) in [5.41, 5.74) is 1.14. The van der Waals surface area contributed by atoms with E-state index in [1.54, 1.807) is 11.3 Å². The fourth-order valence-electron chi connectivity index (χ4n) is 2.05. The highest BCUT2D eigenvalue weighted by Crippen LogP contribution is 2.15. The van der Waals surface area contributed by atoms with Gasteiger partial charge in [-0.2, -0.15) is 0 Å². The van der Waals surface area contributed by atoms with Crippen molar-refractivity contribution < 1.29 is 4.79 Å². The highest BCUT2D eigenvalue weighted by Gasteiger charge is 2.12. The fraction of sp³-hybridized carbons (Fsp3) is 0.667. The number of hydrogen-bond acceptors (Lipinski definition) is 4. The maximum absolute atomic E-state index is 10.8. The first-order chi connectivity index (χ1) is 8.24. The molecule has 0 spiro atoms. The molecule has 1 aromatic rings. The number of carbonyl (C=O) groups is 1. The molecule has 1 aromatic heterocycles. The smallest absolute Gasteiger partial charge is 0.217 e. The number of amides is 1. The third kappa shape index (κ3) is 4.09. The number of piperidine rings is 1. The maximum Gasteiger partial charge on any atom is 0.217 e. The van der Waals surface area contributed by atoms with Crippen molar-refractivity contribution in [3.8, 4) is 0 Å². The van der Waals surface area contributed by atoms with E-state index in [9.17, 15) is 4.79 Å². The number of rotatable bonds is 4. The highest BCUT2D eigenvalue weighted by atomic mass is 32.1. The Morgan fingerprint density at radius 2 is 2.24 bits per heavy atom. The number of carbonyl (C=O) groups excluding carboxylic acids is 1. The SMILES string of the molecule is CC(=O)NCc1nc(CN2CCCCC2)cs1. The van der Waals surface area contributed by atoms with Crippen molar-refractivity contribution in [2.24, 2.45) is 0 Å². The second-order valence-electron chi connectivity index (χ2n) is 4.48. The molecule has 1 fully saturated rings. The van der Waals surface area contributed by atoms with Crippen LogP contribution in [-0.4, -0.2) is 28.9 Å². The Hall–Kier alpha value is -0.940. The molecular weight excluding hydrogens is 234 g/mol. The molecule has 0 aromatic carbocycles. The lowest BCUT2D eigenvalue weighted by molar-refractivity contribution is -0.119. The van der Waals surface area contributed by atoms with Gasteiger partial charge in [0.15, 0.2) is 0 Å². The van der Waals surface area contributed by atoms with Crippen molar-refractivity contribution in [3.63, 3.8) is 0 Å². The molecular formula is C12H19N3OS. The molecule has 4 nitrogen and oxygen atoms in total. The van der Waals surface area contributed by atoms with Crippen LogP contribution >= 0.6 is 11.3 Å². The minimum atomic E-state index is -0.00206. The molecule has 1 amide bonds. The molecule has 5 heteroatoms. The second-order valence-corrected chi connectivity index (χ2v) is 5.42. The molecule has 0 aliphatic carbocycles. The summed E-state index contributed by atoms with van der Waals surface area (Å²) in [6, 6.07) is 0. The zero-order valence-corrected chi connectivity index (χ0v) is 11.1. The van der Waals surface area contributed by atoms with Crippen molar-refractivity contribution in [3.05, 3.63) is 16.1 Å². The third-order valence-electron chi connectivity index (χ3n) is 2.92.